The van der Waals surface area contributed by atoms with E-state index < -0.39 is 0 Å². The van der Waals surface area contributed by atoms with Crippen molar-refractivity contribution in [3.8, 4) is 5.75 Å². The topological polar surface area (TPSA) is 29.5 Å². The third-order valence-electron chi connectivity index (χ3n) is 4.47. The van der Waals surface area contributed by atoms with Crippen molar-refractivity contribution in [1.29, 1.82) is 0 Å². The van der Waals surface area contributed by atoms with E-state index in [9.17, 15) is 4.79 Å². The van der Waals surface area contributed by atoms with Gasteiger partial charge in [-0.25, -0.2) is 0 Å². The number of ether oxygens (including phenoxy) is 1. The molecule has 0 N–H and O–H groups in total. The zero-order chi connectivity index (χ0) is 13.2. The Kier molecular flexibility index (Phi) is 3.56. The first-order valence-corrected chi connectivity index (χ1v) is 7.19. The molecule has 0 aliphatic carbocycles. The van der Waals surface area contributed by atoms with Gasteiger partial charge in [-0.05, 0) is 43.5 Å². The highest BCUT2D eigenvalue weighted by atomic mass is 16.5. The average Bonchev–Trinajstić information content (AvgIpc) is 2.76. The maximum atomic E-state index is 12.2. The van der Waals surface area contributed by atoms with Crippen LogP contribution in [0.25, 0.3) is 0 Å². The van der Waals surface area contributed by atoms with Crippen molar-refractivity contribution < 1.29 is 9.53 Å². The van der Waals surface area contributed by atoms with Crippen LogP contribution in [0.5, 0.6) is 5.75 Å². The molecule has 2 saturated heterocycles. The number of carbonyl (C=O) groups is 1. The fourth-order valence-corrected chi connectivity index (χ4v) is 3.42. The number of Topliss-reactive ketones (excluding diaryl/α,β-unsaturated/α-hetero) is 1. The van der Waals surface area contributed by atoms with E-state index in [2.05, 4.69) is 17.0 Å². The predicted octanol–water partition coefficient (Wildman–Crippen LogP) is 2.43. The molecule has 2 atom stereocenters. The molecule has 0 radical (unpaired) electrons. The number of methoxy groups -OCH3 is 1. The summed E-state index contributed by atoms with van der Waals surface area (Å²) >= 11 is 0. The number of fused-ring (bicyclic) bond motifs is 1. The Hall–Kier alpha value is -1.35. The van der Waals surface area contributed by atoms with Gasteiger partial charge in [-0.1, -0.05) is 18.6 Å². The molecular weight excluding hydrogens is 238 g/mol. The van der Waals surface area contributed by atoms with Gasteiger partial charge in [0.2, 0.25) is 0 Å². The Morgan fingerprint density at radius 1 is 1.26 bits per heavy atom. The lowest BCUT2D eigenvalue weighted by molar-refractivity contribution is -0.119. The molecule has 0 amide bonds. The minimum absolute atomic E-state index is 0.110. The van der Waals surface area contributed by atoms with Crippen LogP contribution in [0.2, 0.25) is 0 Å². The number of benzene rings is 1. The summed E-state index contributed by atoms with van der Waals surface area (Å²) in [6.07, 6.45) is 5.33. The molecule has 3 nitrogen and oxygen atoms in total. The van der Waals surface area contributed by atoms with E-state index in [0.29, 0.717) is 11.8 Å². The third kappa shape index (κ3) is 2.52. The Bertz CT molecular complexity index is 454. The minimum Gasteiger partial charge on any atom is -0.497 e. The number of rotatable bonds is 3. The second kappa shape index (κ2) is 5.33. The van der Waals surface area contributed by atoms with Crippen molar-refractivity contribution in [3.05, 3.63) is 29.8 Å². The highest BCUT2D eigenvalue weighted by Gasteiger charge is 2.40. The number of ketones is 1. The van der Waals surface area contributed by atoms with Crippen molar-refractivity contribution in [2.75, 3.05) is 13.7 Å². The first-order chi connectivity index (χ1) is 9.28. The molecule has 0 bridgehead atoms. The number of hydrogen-bond donors (Lipinski definition) is 0. The highest BCUT2D eigenvalue weighted by Crippen LogP contribution is 2.31. The Labute approximate surface area is 114 Å². The molecule has 102 valence electrons. The second-order valence-electron chi connectivity index (χ2n) is 5.63. The van der Waals surface area contributed by atoms with E-state index in [1.807, 2.05) is 12.1 Å². The lowest BCUT2D eigenvalue weighted by atomic mass is 10.0. The first-order valence-electron chi connectivity index (χ1n) is 7.19. The van der Waals surface area contributed by atoms with Crippen molar-refractivity contribution in [2.45, 2.75) is 44.2 Å². The predicted molar refractivity (Wildman–Crippen MR) is 74.5 cm³/mol. The van der Waals surface area contributed by atoms with Crippen LogP contribution >= 0.6 is 0 Å². The fraction of sp³-hybridized carbons (Fsp3) is 0.562. The molecular formula is C16H21NO2. The van der Waals surface area contributed by atoms with Gasteiger partial charge < -0.3 is 4.74 Å². The van der Waals surface area contributed by atoms with E-state index in [1.165, 1.54) is 24.8 Å². The standard InChI is InChI=1S/C16H21NO2/c1-19-14-7-5-12(6-8-14)10-15-16(18)11-13-4-2-3-9-17(13)15/h5-8,13,15H,2-4,9-11H2,1H3/t13-,15+/m0/s1. The number of nitrogens with zero attached hydrogens (tertiary/aromatic N) is 1. The van der Waals surface area contributed by atoms with Crippen LogP contribution in [0.15, 0.2) is 24.3 Å². The summed E-state index contributed by atoms with van der Waals surface area (Å²) in [7, 11) is 1.67. The summed E-state index contributed by atoms with van der Waals surface area (Å²) in [5, 5.41) is 0. The second-order valence-corrected chi connectivity index (χ2v) is 5.63. The van der Waals surface area contributed by atoms with Gasteiger partial charge in [0.1, 0.15) is 5.75 Å². The van der Waals surface area contributed by atoms with E-state index in [-0.39, 0.29) is 6.04 Å². The average molecular weight is 259 g/mol. The summed E-state index contributed by atoms with van der Waals surface area (Å²) in [6, 6.07) is 8.72. The number of hydrogen-bond acceptors (Lipinski definition) is 3. The van der Waals surface area contributed by atoms with Crippen molar-refractivity contribution in [2.24, 2.45) is 0 Å². The number of carbonyl (C=O) groups excluding carboxylic acids is 1. The Morgan fingerprint density at radius 2 is 2.05 bits per heavy atom. The Balaban J connectivity index is 1.72. The van der Waals surface area contributed by atoms with Gasteiger partial charge >= 0.3 is 0 Å². The summed E-state index contributed by atoms with van der Waals surface area (Å²) in [5.74, 6) is 1.31. The van der Waals surface area contributed by atoms with Crippen LogP contribution in [0.3, 0.4) is 0 Å². The smallest absolute Gasteiger partial charge is 0.151 e. The van der Waals surface area contributed by atoms with Crippen LogP contribution in [-0.4, -0.2) is 36.4 Å². The number of piperidine rings is 1. The van der Waals surface area contributed by atoms with Crippen LogP contribution in [-0.2, 0) is 11.2 Å². The van der Waals surface area contributed by atoms with Gasteiger partial charge in [0, 0.05) is 12.5 Å². The third-order valence-corrected chi connectivity index (χ3v) is 4.47. The molecule has 0 unspecified atom stereocenters. The maximum absolute atomic E-state index is 12.2. The van der Waals surface area contributed by atoms with Gasteiger partial charge in [0.05, 0.1) is 13.2 Å². The van der Waals surface area contributed by atoms with Gasteiger partial charge in [-0.15, -0.1) is 0 Å². The summed E-state index contributed by atoms with van der Waals surface area (Å²) in [4.78, 5) is 14.6. The van der Waals surface area contributed by atoms with Crippen LogP contribution in [0.1, 0.15) is 31.2 Å². The van der Waals surface area contributed by atoms with E-state index in [1.54, 1.807) is 7.11 Å². The molecule has 0 spiro atoms. The molecule has 1 aromatic carbocycles. The SMILES string of the molecule is COc1ccc(C[C@@H]2C(=O)C[C@@H]3CCCCN32)cc1. The first kappa shape index (κ1) is 12.7. The zero-order valence-corrected chi connectivity index (χ0v) is 11.5. The van der Waals surface area contributed by atoms with Crippen molar-refractivity contribution >= 4 is 5.78 Å². The van der Waals surface area contributed by atoms with Crippen molar-refractivity contribution in [1.82, 2.24) is 4.90 Å². The quantitative estimate of drug-likeness (QED) is 0.835. The monoisotopic (exact) mass is 259 g/mol. The molecule has 0 saturated carbocycles. The Morgan fingerprint density at radius 3 is 2.79 bits per heavy atom. The molecule has 3 heteroatoms. The summed E-state index contributed by atoms with van der Waals surface area (Å²) in [6.45, 7) is 1.09. The molecule has 2 heterocycles. The minimum atomic E-state index is 0.110. The normalized spacial score (nSPS) is 27.3. The summed E-state index contributed by atoms with van der Waals surface area (Å²) in [5.41, 5.74) is 1.23. The van der Waals surface area contributed by atoms with E-state index >= 15 is 0 Å². The lowest BCUT2D eigenvalue weighted by Gasteiger charge is -2.32. The molecule has 3 rings (SSSR count). The lowest BCUT2D eigenvalue weighted by Crippen LogP contribution is -2.42. The van der Waals surface area contributed by atoms with Crippen LogP contribution in [0.4, 0.5) is 0 Å². The molecule has 2 aliphatic heterocycles. The molecule has 19 heavy (non-hydrogen) atoms. The fourth-order valence-electron chi connectivity index (χ4n) is 3.42. The molecule has 1 aromatic rings. The van der Waals surface area contributed by atoms with Crippen molar-refractivity contribution in [3.63, 3.8) is 0 Å². The van der Waals surface area contributed by atoms with Crippen LogP contribution < -0.4 is 4.74 Å². The maximum Gasteiger partial charge on any atom is 0.151 e. The summed E-state index contributed by atoms with van der Waals surface area (Å²) < 4.78 is 5.17. The highest BCUT2D eigenvalue weighted by molar-refractivity contribution is 5.87. The molecule has 2 fully saturated rings. The van der Waals surface area contributed by atoms with E-state index in [0.717, 1.165) is 25.1 Å². The van der Waals surface area contributed by atoms with Crippen LogP contribution in [0, 0.1) is 0 Å². The molecule has 2 aliphatic rings. The van der Waals surface area contributed by atoms with E-state index in [4.69, 9.17) is 4.74 Å². The van der Waals surface area contributed by atoms with Gasteiger partial charge in [0.25, 0.3) is 0 Å². The van der Waals surface area contributed by atoms with Gasteiger partial charge in [-0.3, -0.25) is 9.69 Å². The van der Waals surface area contributed by atoms with Gasteiger partial charge in [0.15, 0.2) is 5.78 Å². The van der Waals surface area contributed by atoms with Gasteiger partial charge in [-0.2, -0.15) is 0 Å². The zero-order valence-electron chi connectivity index (χ0n) is 11.5. The largest absolute Gasteiger partial charge is 0.497 e. The molecule has 0 aromatic heterocycles.